The summed E-state index contributed by atoms with van der Waals surface area (Å²) in [6.45, 7) is 0.540. The maximum Gasteiger partial charge on any atom is 0.251 e. The fourth-order valence-electron chi connectivity index (χ4n) is 2.30. The summed E-state index contributed by atoms with van der Waals surface area (Å²) < 4.78 is 0. The van der Waals surface area contributed by atoms with E-state index in [-0.39, 0.29) is 11.8 Å². The van der Waals surface area contributed by atoms with E-state index >= 15 is 0 Å². The minimum absolute atomic E-state index is 0.0391. The molecule has 1 aliphatic heterocycles. The molecule has 3 rings (SSSR count). The fraction of sp³-hybridized carbons (Fsp3) is 0.176. The van der Waals surface area contributed by atoms with Crippen molar-refractivity contribution in [2.75, 3.05) is 17.6 Å². The third-order valence-corrected chi connectivity index (χ3v) is 4.81. The van der Waals surface area contributed by atoms with E-state index in [0.29, 0.717) is 28.6 Å². The van der Waals surface area contributed by atoms with Gasteiger partial charge in [-0.1, -0.05) is 23.7 Å². The van der Waals surface area contributed by atoms with E-state index in [0.717, 1.165) is 16.9 Å². The van der Waals surface area contributed by atoms with E-state index in [1.807, 2.05) is 30.3 Å². The lowest BCUT2D eigenvalue weighted by Gasteiger charge is -2.17. The lowest BCUT2D eigenvalue weighted by atomic mass is 10.1. The van der Waals surface area contributed by atoms with Crippen LogP contribution in [0.25, 0.3) is 0 Å². The Morgan fingerprint density at radius 3 is 2.78 bits per heavy atom. The molecule has 2 aromatic rings. The van der Waals surface area contributed by atoms with Gasteiger partial charge in [0.05, 0.1) is 11.4 Å². The number of amides is 2. The molecule has 0 saturated carbocycles. The van der Waals surface area contributed by atoms with Crippen LogP contribution in [0.4, 0.5) is 5.69 Å². The minimum Gasteiger partial charge on any atom is -0.352 e. The zero-order valence-corrected chi connectivity index (χ0v) is 13.8. The van der Waals surface area contributed by atoms with E-state index in [1.54, 1.807) is 12.1 Å². The highest BCUT2D eigenvalue weighted by atomic mass is 35.5. The Morgan fingerprint density at radius 2 is 2.00 bits per heavy atom. The van der Waals surface area contributed by atoms with Crippen molar-refractivity contribution in [2.45, 2.75) is 11.3 Å². The third kappa shape index (κ3) is 4.06. The Hall–Kier alpha value is -1.98. The molecule has 0 aromatic heterocycles. The first kappa shape index (κ1) is 15.9. The lowest BCUT2D eigenvalue weighted by Crippen LogP contribution is -2.26. The van der Waals surface area contributed by atoms with Gasteiger partial charge in [0.1, 0.15) is 0 Å². The molecule has 2 aromatic carbocycles. The van der Waals surface area contributed by atoms with Crippen molar-refractivity contribution in [3.05, 3.63) is 58.6 Å². The molecule has 6 heteroatoms. The molecule has 0 saturated heterocycles. The molecule has 0 unspecified atom stereocenters. The summed E-state index contributed by atoms with van der Waals surface area (Å²) in [4.78, 5) is 24.6. The van der Waals surface area contributed by atoms with Gasteiger partial charge in [-0.25, -0.2) is 0 Å². The molecule has 0 spiro atoms. The molecule has 0 bridgehead atoms. The van der Waals surface area contributed by atoms with Gasteiger partial charge < -0.3 is 10.6 Å². The van der Waals surface area contributed by atoms with Gasteiger partial charge in [-0.15, -0.1) is 11.8 Å². The van der Waals surface area contributed by atoms with Gasteiger partial charge in [0.15, 0.2) is 0 Å². The predicted molar refractivity (Wildman–Crippen MR) is 93.3 cm³/mol. The summed E-state index contributed by atoms with van der Waals surface area (Å²) in [5.74, 6) is 0.231. The number of carbonyl (C=O) groups is 2. The van der Waals surface area contributed by atoms with Crippen LogP contribution >= 0.6 is 23.4 Å². The first-order chi connectivity index (χ1) is 11.1. The molecule has 23 heavy (non-hydrogen) atoms. The smallest absolute Gasteiger partial charge is 0.251 e. The number of carbonyl (C=O) groups excluding carboxylic acids is 2. The van der Waals surface area contributed by atoms with Crippen LogP contribution in [0.2, 0.25) is 5.02 Å². The van der Waals surface area contributed by atoms with Crippen LogP contribution in [0.1, 0.15) is 15.9 Å². The number of nitrogens with one attached hydrogen (secondary N) is 2. The molecule has 4 nitrogen and oxygen atoms in total. The molecular weight excluding hydrogens is 332 g/mol. The number of anilines is 1. The Bertz CT molecular complexity index is 747. The quantitative estimate of drug-likeness (QED) is 0.892. The molecule has 118 valence electrons. The van der Waals surface area contributed by atoms with Crippen molar-refractivity contribution in [3.8, 4) is 0 Å². The zero-order chi connectivity index (χ0) is 16.2. The maximum atomic E-state index is 12.2. The summed E-state index contributed by atoms with van der Waals surface area (Å²) in [6.07, 6.45) is 0.737. The topological polar surface area (TPSA) is 58.2 Å². The average molecular weight is 347 g/mol. The zero-order valence-electron chi connectivity index (χ0n) is 12.3. The first-order valence-electron chi connectivity index (χ1n) is 7.21. The van der Waals surface area contributed by atoms with Gasteiger partial charge in [0.2, 0.25) is 5.91 Å². The molecular formula is C17H15ClN2O2S. The van der Waals surface area contributed by atoms with Crippen molar-refractivity contribution >= 4 is 40.9 Å². The van der Waals surface area contributed by atoms with Gasteiger partial charge in [-0.05, 0) is 42.3 Å². The van der Waals surface area contributed by atoms with Crippen molar-refractivity contribution < 1.29 is 9.59 Å². The van der Waals surface area contributed by atoms with Crippen LogP contribution < -0.4 is 10.6 Å². The van der Waals surface area contributed by atoms with Gasteiger partial charge in [-0.2, -0.15) is 0 Å². The fourth-order valence-corrected chi connectivity index (χ4v) is 3.21. The number of halogens is 1. The summed E-state index contributed by atoms with van der Waals surface area (Å²) in [5, 5.41) is 6.38. The van der Waals surface area contributed by atoms with E-state index in [9.17, 15) is 9.59 Å². The summed E-state index contributed by atoms with van der Waals surface area (Å²) >= 11 is 7.32. The van der Waals surface area contributed by atoms with Crippen molar-refractivity contribution in [3.63, 3.8) is 0 Å². The highest BCUT2D eigenvalue weighted by molar-refractivity contribution is 8.00. The third-order valence-electron chi connectivity index (χ3n) is 3.49. The summed E-state index contributed by atoms with van der Waals surface area (Å²) in [5.41, 5.74) is 2.36. The van der Waals surface area contributed by atoms with Crippen LogP contribution in [-0.2, 0) is 11.2 Å². The number of benzene rings is 2. The number of thioether (sulfide) groups is 1. The largest absolute Gasteiger partial charge is 0.352 e. The normalized spacial score (nSPS) is 13.2. The van der Waals surface area contributed by atoms with E-state index < -0.39 is 0 Å². The summed E-state index contributed by atoms with van der Waals surface area (Å²) in [7, 11) is 0. The van der Waals surface area contributed by atoms with Crippen LogP contribution in [0.15, 0.2) is 47.4 Å². The average Bonchev–Trinajstić information content (AvgIpc) is 2.56. The Kier molecular flexibility index (Phi) is 4.88. The highest BCUT2D eigenvalue weighted by Gasteiger charge is 2.17. The Labute approximate surface area is 143 Å². The van der Waals surface area contributed by atoms with E-state index in [2.05, 4.69) is 10.6 Å². The van der Waals surface area contributed by atoms with Crippen molar-refractivity contribution in [1.82, 2.24) is 5.32 Å². The standard InChI is InChI=1S/C17H15ClN2O2S/c18-13-4-1-11(2-5-13)7-8-19-17(22)12-3-6-15-14(9-12)20-16(21)10-23-15/h1-6,9H,7-8,10H2,(H,19,22)(H,20,21). The molecule has 2 N–H and O–H groups in total. The number of rotatable bonds is 4. The second-order valence-electron chi connectivity index (χ2n) is 5.18. The number of hydrogen-bond acceptors (Lipinski definition) is 3. The van der Waals surface area contributed by atoms with Gasteiger partial charge in [0.25, 0.3) is 5.91 Å². The monoisotopic (exact) mass is 346 g/mol. The maximum absolute atomic E-state index is 12.2. The second-order valence-corrected chi connectivity index (χ2v) is 6.63. The number of fused-ring (bicyclic) bond motifs is 1. The molecule has 0 radical (unpaired) electrons. The van der Waals surface area contributed by atoms with Gasteiger partial charge >= 0.3 is 0 Å². The number of hydrogen-bond donors (Lipinski definition) is 2. The van der Waals surface area contributed by atoms with E-state index in [1.165, 1.54) is 11.8 Å². The predicted octanol–water partition coefficient (Wildman–Crippen LogP) is 3.36. The molecule has 0 atom stereocenters. The van der Waals surface area contributed by atoms with E-state index in [4.69, 9.17) is 11.6 Å². The molecule has 0 fully saturated rings. The molecule has 2 amide bonds. The Balaban J connectivity index is 1.59. The highest BCUT2D eigenvalue weighted by Crippen LogP contribution is 2.31. The van der Waals surface area contributed by atoms with Crippen molar-refractivity contribution in [1.29, 1.82) is 0 Å². The minimum atomic E-state index is -0.147. The van der Waals surface area contributed by atoms with Crippen LogP contribution in [0, 0.1) is 0 Å². The van der Waals surface area contributed by atoms with Crippen LogP contribution in [0.5, 0.6) is 0 Å². The lowest BCUT2D eigenvalue weighted by molar-refractivity contribution is -0.113. The summed E-state index contributed by atoms with van der Waals surface area (Å²) in [6, 6.07) is 12.9. The van der Waals surface area contributed by atoms with Crippen LogP contribution in [-0.4, -0.2) is 24.1 Å². The van der Waals surface area contributed by atoms with Crippen molar-refractivity contribution in [2.24, 2.45) is 0 Å². The van der Waals surface area contributed by atoms with Crippen LogP contribution in [0.3, 0.4) is 0 Å². The molecule has 1 heterocycles. The van der Waals surface area contributed by atoms with Gasteiger partial charge in [-0.3, -0.25) is 9.59 Å². The molecule has 1 aliphatic rings. The SMILES string of the molecule is O=C1CSc2ccc(C(=O)NCCc3ccc(Cl)cc3)cc2N1. The molecule has 0 aliphatic carbocycles. The Morgan fingerprint density at radius 1 is 1.22 bits per heavy atom. The first-order valence-corrected chi connectivity index (χ1v) is 8.57. The van der Waals surface area contributed by atoms with Gasteiger partial charge in [0, 0.05) is 22.0 Å². The second kappa shape index (κ2) is 7.06.